The van der Waals surface area contributed by atoms with Crippen LogP contribution in [-0.4, -0.2) is 31.2 Å². The Labute approximate surface area is 112 Å². The molecule has 0 aromatic carbocycles. The van der Waals surface area contributed by atoms with Crippen molar-refractivity contribution in [3.63, 3.8) is 0 Å². The van der Waals surface area contributed by atoms with E-state index in [9.17, 15) is 13.5 Å². The number of aromatic nitrogens is 1. The number of nitrogens with zero attached hydrogens (tertiary/aromatic N) is 2. The van der Waals surface area contributed by atoms with Gasteiger partial charge in [0.1, 0.15) is 16.7 Å². The molecule has 0 spiro atoms. The monoisotopic (exact) mass is 281 g/mol. The fourth-order valence-electron chi connectivity index (χ4n) is 2.15. The summed E-state index contributed by atoms with van der Waals surface area (Å²) in [4.78, 5) is 3.78. The van der Waals surface area contributed by atoms with Crippen LogP contribution >= 0.6 is 0 Å². The zero-order valence-electron chi connectivity index (χ0n) is 10.3. The largest absolute Gasteiger partial charge is 0.393 e. The van der Waals surface area contributed by atoms with E-state index in [1.807, 2.05) is 6.07 Å². The lowest BCUT2D eigenvalue weighted by Gasteiger charge is -2.11. The van der Waals surface area contributed by atoms with Crippen molar-refractivity contribution >= 4 is 10.0 Å². The third kappa shape index (κ3) is 3.50. The van der Waals surface area contributed by atoms with Crippen molar-refractivity contribution in [1.29, 1.82) is 5.26 Å². The van der Waals surface area contributed by atoms with Gasteiger partial charge in [0, 0.05) is 12.7 Å². The first-order chi connectivity index (χ1) is 9.01. The molecule has 2 unspecified atom stereocenters. The van der Waals surface area contributed by atoms with Crippen LogP contribution in [0.25, 0.3) is 0 Å². The molecule has 19 heavy (non-hydrogen) atoms. The van der Waals surface area contributed by atoms with Gasteiger partial charge in [-0.3, -0.25) is 0 Å². The van der Waals surface area contributed by atoms with Gasteiger partial charge < -0.3 is 5.11 Å². The minimum atomic E-state index is -3.59. The predicted molar refractivity (Wildman–Crippen MR) is 67.5 cm³/mol. The van der Waals surface area contributed by atoms with E-state index in [1.165, 1.54) is 18.3 Å². The van der Waals surface area contributed by atoms with E-state index in [4.69, 9.17) is 5.26 Å². The second-order valence-electron chi connectivity index (χ2n) is 4.68. The number of nitrogens with one attached hydrogen (secondary N) is 1. The van der Waals surface area contributed by atoms with Gasteiger partial charge in [0.05, 0.1) is 6.10 Å². The Morgan fingerprint density at radius 3 is 2.79 bits per heavy atom. The molecule has 0 saturated heterocycles. The van der Waals surface area contributed by atoms with Crippen LogP contribution in [0.3, 0.4) is 0 Å². The minimum absolute atomic E-state index is 0.0463. The molecule has 0 bridgehead atoms. The summed E-state index contributed by atoms with van der Waals surface area (Å²) in [5.74, 6) is 0.177. The van der Waals surface area contributed by atoms with Crippen molar-refractivity contribution in [3.05, 3.63) is 24.0 Å². The molecule has 1 aliphatic rings. The van der Waals surface area contributed by atoms with Crippen LogP contribution < -0.4 is 4.72 Å². The van der Waals surface area contributed by atoms with Crippen LogP contribution in [0.5, 0.6) is 0 Å². The minimum Gasteiger partial charge on any atom is -0.393 e. The van der Waals surface area contributed by atoms with Crippen LogP contribution in [0, 0.1) is 17.2 Å². The quantitative estimate of drug-likeness (QED) is 0.831. The Kier molecular flexibility index (Phi) is 4.14. The Balaban J connectivity index is 1.99. The van der Waals surface area contributed by atoms with E-state index in [0.29, 0.717) is 13.0 Å². The first-order valence-corrected chi connectivity index (χ1v) is 7.53. The Hall–Kier alpha value is -1.49. The summed E-state index contributed by atoms with van der Waals surface area (Å²) in [5.41, 5.74) is 0.179. The summed E-state index contributed by atoms with van der Waals surface area (Å²) >= 11 is 0. The summed E-state index contributed by atoms with van der Waals surface area (Å²) in [6.45, 7) is 0.319. The van der Waals surface area contributed by atoms with Gasteiger partial charge in [0.25, 0.3) is 0 Å². The molecule has 1 aliphatic carbocycles. The number of pyridine rings is 1. The van der Waals surface area contributed by atoms with Crippen molar-refractivity contribution in [1.82, 2.24) is 9.71 Å². The van der Waals surface area contributed by atoms with Gasteiger partial charge in [-0.2, -0.15) is 5.26 Å². The Morgan fingerprint density at radius 2 is 2.26 bits per heavy atom. The van der Waals surface area contributed by atoms with Crippen molar-refractivity contribution in [2.24, 2.45) is 5.92 Å². The molecule has 2 rings (SSSR count). The van der Waals surface area contributed by atoms with Gasteiger partial charge in [-0.1, -0.05) is 0 Å². The second kappa shape index (κ2) is 5.65. The van der Waals surface area contributed by atoms with Crippen molar-refractivity contribution in [2.75, 3.05) is 6.54 Å². The normalized spacial score (nSPS) is 23.2. The molecule has 1 saturated carbocycles. The molecule has 7 heteroatoms. The molecule has 1 aromatic heterocycles. The third-order valence-electron chi connectivity index (χ3n) is 3.24. The van der Waals surface area contributed by atoms with Crippen LogP contribution in [0.2, 0.25) is 0 Å². The molecule has 0 amide bonds. The summed E-state index contributed by atoms with van der Waals surface area (Å²) in [5, 5.41) is 18.0. The summed E-state index contributed by atoms with van der Waals surface area (Å²) in [7, 11) is -3.59. The molecular weight excluding hydrogens is 266 g/mol. The number of hydrogen-bond donors (Lipinski definition) is 2. The Morgan fingerprint density at radius 1 is 1.47 bits per heavy atom. The average Bonchev–Trinajstić information content (AvgIpc) is 2.82. The summed E-state index contributed by atoms with van der Waals surface area (Å²) in [6.07, 6.45) is 3.05. The summed E-state index contributed by atoms with van der Waals surface area (Å²) < 4.78 is 26.5. The average molecular weight is 281 g/mol. The lowest BCUT2D eigenvalue weighted by molar-refractivity contribution is 0.178. The van der Waals surface area contributed by atoms with E-state index < -0.39 is 10.0 Å². The van der Waals surface area contributed by atoms with Gasteiger partial charge in [0.2, 0.25) is 10.0 Å². The number of hydrogen-bond acceptors (Lipinski definition) is 5. The highest BCUT2D eigenvalue weighted by molar-refractivity contribution is 7.89. The maximum atomic E-state index is 12.0. The molecule has 1 heterocycles. The van der Waals surface area contributed by atoms with Crippen LogP contribution in [0.15, 0.2) is 23.2 Å². The fraction of sp³-hybridized carbons (Fsp3) is 0.500. The highest BCUT2D eigenvalue weighted by Gasteiger charge is 2.24. The van der Waals surface area contributed by atoms with Crippen LogP contribution in [0.4, 0.5) is 0 Å². The van der Waals surface area contributed by atoms with E-state index in [2.05, 4.69) is 9.71 Å². The standard InChI is InChI=1S/C12H15N3O3S/c13-6-10-2-4-12(8-14-10)19(17,18)15-7-9-1-3-11(16)5-9/h2,4,8-9,11,15-16H,1,3,5,7H2. The number of aliphatic hydroxyl groups excluding tert-OH is 1. The molecule has 2 atom stereocenters. The van der Waals surface area contributed by atoms with Gasteiger partial charge in [-0.25, -0.2) is 18.1 Å². The highest BCUT2D eigenvalue weighted by atomic mass is 32.2. The zero-order chi connectivity index (χ0) is 13.9. The molecule has 1 fully saturated rings. The van der Waals surface area contributed by atoms with E-state index in [0.717, 1.165) is 12.8 Å². The maximum absolute atomic E-state index is 12.0. The topological polar surface area (TPSA) is 103 Å². The molecule has 6 nitrogen and oxygen atoms in total. The number of aliphatic hydroxyl groups is 1. The zero-order valence-corrected chi connectivity index (χ0v) is 11.1. The summed E-state index contributed by atoms with van der Waals surface area (Å²) in [6, 6.07) is 4.56. The van der Waals surface area contributed by atoms with E-state index in [1.54, 1.807) is 0 Å². The predicted octanol–water partition coefficient (Wildman–Crippen LogP) is 0.393. The molecular formula is C12H15N3O3S. The van der Waals surface area contributed by atoms with Gasteiger partial charge >= 0.3 is 0 Å². The first-order valence-electron chi connectivity index (χ1n) is 6.05. The molecule has 2 N–H and O–H groups in total. The Bertz CT molecular complexity index is 577. The van der Waals surface area contributed by atoms with Crippen molar-refractivity contribution in [3.8, 4) is 6.07 Å². The van der Waals surface area contributed by atoms with Gasteiger partial charge in [-0.15, -0.1) is 0 Å². The molecule has 102 valence electrons. The number of nitriles is 1. The number of sulfonamides is 1. The van der Waals surface area contributed by atoms with Crippen LogP contribution in [-0.2, 0) is 10.0 Å². The second-order valence-corrected chi connectivity index (χ2v) is 6.44. The smallest absolute Gasteiger partial charge is 0.242 e. The van der Waals surface area contributed by atoms with E-state index in [-0.39, 0.29) is 22.6 Å². The molecule has 0 radical (unpaired) electrons. The first kappa shape index (κ1) is 13.9. The van der Waals surface area contributed by atoms with Crippen molar-refractivity contribution < 1.29 is 13.5 Å². The third-order valence-corrected chi connectivity index (χ3v) is 4.65. The van der Waals surface area contributed by atoms with Crippen LogP contribution in [0.1, 0.15) is 25.0 Å². The lowest BCUT2D eigenvalue weighted by atomic mass is 10.1. The highest BCUT2D eigenvalue weighted by Crippen LogP contribution is 2.25. The SMILES string of the molecule is N#Cc1ccc(S(=O)(=O)NCC2CCC(O)C2)cn1. The molecule has 0 aliphatic heterocycles. The van der Waals surface area contributed by atoms with Gasteiger partial charge in [0.15, 0.2) is 0 Å². The fourth-order valence-corrected chi connectivity index (χ4v) is 3.21. The van der Waals surface area contributed by atoms with Crippen molar-refractivity contribution in [2.45, 2.75) is 30.3 Å². The van der Waals surface area contributed by atoms with Gasteiger partial charge in [-0.05, 0) is 37.3 Å². The number of rotatable bonds is 4. The van der Waals surface area contributed by atoms with E-state index >= 15 is 0 Å². The maximum Gasteiger partial charge on any atom is 0.242 e. The molecule has 1 aromatic rings. The lowest BCUT2D eigenvalue weighted by Crippen LogP contribution is -2.29.